The van der Waals surface area contributed by atoms with Gasteiger partial charge in [-0.15, -0.1) is 0 Å². The fourth-order valence-corrected chi connectivity index (χ4v) is 2.57. The second-order valence-corrected chi connectivity index (χ2v) is 4.57. The van der Waals surface area contributed by atoms with Gasteiger partial charge in [0.2, 0.25) is 0 Å². The highest BCUT2D eigenvalue weighted by Crippen LogP contribution is 2.38. The SMILES string of the molecule is COc1cccc([C@H]2CN(C)C[C@@H]2N)c1OC. The van der Waals surface area contributed by atoms with E-state index in [0.29, 0.717) is 5.92 Å². The number of para-hydroxylation sites is 1. The molecular weight excluding hydrogens is 216 g/mol. The van der Waals surface area contributed by atoms with E-state index in [1.54, 1.807) is 14.2 Å². The summed E-state index contributed by atoms with van der Waals surface area (Å²) in [6.07, 6.45) is 0. The Bertz CT molecular complexity index is 395. The predicted molar refractivity (Wildman–Crippen MR) is 67.8 cm³/mol. The Hall–Kier alpha value is -1.26. The highest BCUT2D eigenvalue weighted by Gasteiger charge is 2.31. The minimum atomic E-state index is 0.154. The van der Waals surface area contributed by atoms with Gasteiger partial charge in [-0.2, -0.15) is 0 Å². The largest absolute Gasteiger partial charge is 0.493 e. The van der Waals surface area contributed by atoms with Crippen LogP contribution in [0.25, 0.3) is 0 Å². The Labute approximate surface area is 102 Å². The van der Waals surface area contributed by atoms with Gasteiger partial charge in [0.15, 0.2) is 11.5 Å². The lowest BCUT2D eigenvalue weighted by molar-refractivity contribution is 0.348. The van der Waals surface area contributed by atoms with Crippen LogP contribution >= 0.6 is 0 Å². The van der Waals surface area contributed by atoms with Crippen LogP contribution in [-0.2, 0) is 0 Å². The number of ether oxygens (including phenoxy) is 2. The minimum absolute atomic E-state index is 0.154. The highest BCUT2D eigenvalue weighted by atomic mass is 16.5. The van der Waals surface area contributed by atoms with Crippen LogP contribution in [-0.4, -0.2) is 45.3 Å². The van der Waals surface area contributed by atoms with E-state index >= 15 is 0 Å². The van der Waals surface area contributed by atoms with Crippen molar-refractivity contribution in [3.63, 3.8) is 0 Å². The van der Waals surface area contributed by atoms with Crippen LogP contribution in [0.4, 0.5) is 0 Å². The van der Waals surface area contributed by atoms with Crippen molar-refractivity contribution in [1.82, 2.24) is 4.90 Å². The van der Waals surface area contributed by atoms with Gasteiger partial charge in [-0.3, -0.25) is 0 Å². The molecule has 0 spiro atoms. The summed E-state index contributed by atoms with van der Waals surface area (Å²) in [4.78, 5) is 2.24. The normalized spacial score (nSPS) is 24.9. The highest BCUT2D eigenvalue weighted by molar-refractivity contribution is 5.49. The topological polar surface area (TPSA) is 47.7 Å². The second kappa shape index (κ2) is 4.94. The van der Waals surface area contributed by atoms with Crippen LogP contribution < -0.4 is 15.2 Å². The molecule has 4 heteroatoms. The summed E-state index contributed by atoms with van der Waals surface area (Å²) in [5.74, 6) is 1.89. The number of nitrogens with zero attached hydrogens (tertiary/aromatic N) is 1. The molecule has 17 heavy (non-hydrogen) atoms. The molecule has 4 nitrogen and oxygen atoms in total. The molecule has 2 N–H and O–H groups in total. The summed E-state index contributed by atoms with van der Waals surface area (Å²) in [7, 11) is 5.42. The van der Waals surface area contributed by atoms with E-state index in [9.17, 15) is 0 Å². The molecule has 0 amide bonds. The fraction of sp³-hybridized carbons (Fsp3) is 0.538. The molecule has 1 aliphatic heterocycles. The standard InChI is InChI=1S/C13H20N2O2/c1-15-7-10(11(14)8-15)9-5-4-6-12(16-2)13(9)17-3/h4-6,10-11H,7-8,14H2,1-3H3/t10-,11+/m1/s1. The van der Waals surface area contributed by atoms with Crippen LogP contribution in [0.2, 0.25) is 0 Å². The lowest BCUT2D eigenvalue weighted by Crippen LogP contribution is -2.28. The van der Waals surface area contributed by atoms with Crippen molar-refractivity contribution in [3.8, 4) is 11.5 Å². The second-order valence-electron chi connectivity index (χ2n) is 4.57. The molecule has 94 valence electrons. The summed E-state index contributed by atoms with van der Waals surface area (Å²) in [6.45, 7) is 1.88. The molecule has 1 aromatic rings. The van der Waals surface area contributed by atoms with E-state index in [2.05, 4.69) is 18.0 Å². The van der Waals surface area contributed by atoms with Crippen LogP contribution in [0.15, 0.2) is 18.2 Å². The molecule has 2 atom stereocenters. The summed E-state index contributed by atoms with van der Waals surface area (Å²) < 4.78 is 10.8. The van der Waals surface area contributed by atoms with E-state index in [4.69, 9.17) is 15.2 Å². The van der Waals surface area contributed by atoms with Crippen molar-refractivity contribution in [2.24, 2.45) is 5.73 Å². The molecule has 0 aliphatic carbocycles. The number of benzene rings is 1. The van der Waals surface area contributed by atoms with E-state index in [1.807, 2.05) is 12.1 Å². The molecule has 0 saturated carbocycles. The maximum atomic E-state index is 6.18. The molecule has 1 heterocycles. The third-order valence-electron chi connectivity index (χ3n) is 3.38. The molecule has 0 radical (unpaired) electrons. The van der Waals surface area contributed by atoms with E-state index in [0.717, 1.165) is 30.2 Å². The van der Waals surface area contributed by atoms with E-state index in [-0.39, 0.29) is 6.04 Å². The first-order chi connectivity index (χ1) is 8.17. The van der Waals surface area contributed by atoms with Crippen molar-refractivity contribution in [1.29, 1.82) is 0 Å². The van der Waals surface area contributed by atoms with Gasteiger partial charge in [0.25, 0.3) is 0 Å². The first-order valence-electron chi connectivity index (χ1n) is 5.82. The molecule has 1 saturated heterocycles. The molecule has 1 aliphatic rings. The average Bonchev–Trinajstić information content (AvgIpc) is 2.67. The molecule has 0 aromatic heterocycles. The molecular formula is C13H20N2O2. The van der Waals surface area contributed by atoms with Crippen molar-refractivity contribution in [2.45, 2.75) is 12.0 Å². The minimum Gasteiger partial charge on any atom is -0.493 e. The molecule has 0 unspecified atom stereocenters. The Balaban J connectivity index is 2.38. The monoisotopic (exact) mass is 236 g/mol. The molecule has 1 aromatic carbocycles. The predicted octanol–water partition coefficient (Wildman–Crippen LogP) is 1.06. The Kier molecular flexibility index (Phi) is 3.54. The number of likely N-dealkylation sites (tertiary alicyclic amines) is 1. The van der Waals surface area contributed by atoms with E-state index in [1.165, 1.54) is 0 Å². The van der Waals surface area contributed by atoms with Crippen molar-refractivity contribution >= 4 is 0 Å². The third kappa shape index (κ3) is 2.23. The van der Waals surface area contributed by atoms with E-state index < -0.39 is 0 Å². The van der Waals surface area contributed by atoms with Crippen LogP contribution in [0.3, 0.4) is 0 Å². The van der Waals surface area contributed by atoms with Crippen molar-refractivity contribution in [3.05, 3.63) is 23.8 Å². The lowest BCUT2D eigenvalue weighted by Gasteiger charge is -2.19. The molecule has 2 rings (SSSR count). The van der Waals surface area contributed by atoms with Gasteiger partial charge in [-0.25, -0.2) is 0 Å². The van der Waals surface area contributed by atoms with Crippen molar-refractivity contribution < 1.29 is 9.47 Å². The van der Waals surface area contributed by atoms with Gasteiger partial charge < -0.3 is 20.1 Å². The van der Waals surface area contributed by atoms with Gasteiger partial charge in [-0.05, 0) is 13.1 Å². The average molecular weight is 236 g/mol. The molecule has 0 bridgehead atoms. The Morgan fingerprint density at radius 1 is 1.24 bits per heavy atom. The smallest absolute Gasteiger partial charge is 0.164 e. The van der Waals surface area contributed by atoms with Crippen LogP contribution in [0.5, 0.6) is 11.5 Å². The van der Waals surface area contributed by atoms with Gasteiger partial charge >= 0.3 is 0 Å². The van der Waals surface area contributed by atoms with Crippen molar-refractivity contribution in [2.75, 3.05) is 34.4 Å². The lowest BCUT2D eigenvalue weighted by atomic mass is 9.94. The summed E-state index contributed by atoms with van der Waals surface area (Å²) in [5.41, 5.74) is 7.32. The van der Waals surface area contributed by atoms with Crippen LogP contribution in [0, 0.1) is 0 Å². The number of hydrogen-bond donors (Lipinski definition) is 1. The molecule has 1 fully saturated rings. The number of nitrogens with two attached hydrogens (primary N) is 1. The maximum Gasteiger partial charge on any atom is 0.164 e. The number of likely N-dealkylation sites (N-methyl/N-ethyl adjacent to an activating group) is 1. The fourth-order valence-electron chi connectivity index (χ4n) is 2.57. The first-order valence-corrected chi connectivity index (χ1v) is 5.82. The van der Waals surface area contributed by atoms with Gasteiger partial charge in [0.1, 0.15) is 0 Å². The Morgan fingerprint density at radius 2 is 2.00 bits per heavy atom. The summed E-state index contributed by atoms with van der Waals surface area (Å²) in [6, 6.07) is 6.13. The van der Waals surface area contributed by atoms with Gasteiger partial charge in [-0.1, -0.05) is 12.1 Å². The maximum absolute atomic E-state index is 6.18. The zero-order valence-electron chi connectivity index (χ0n) is 10.6. The number of hydrogen-bond acceptors (Lipinski definition) is 4. The summed E-state index contributed by atoms with van der Waals surface area (Å²) in [5, 5.41) is 0. The Morgan fingerprint density at radius 3 is 2.53 bits per heavy atom. The van der Waals surface area contributed by atoms with Gasteiger partial charge in [0.05, 0.1) is 14.2 Å². The van der Waals surface area contributed by atoms with Crippen LogP contribution in [0.1, 0.15) is 11.5 Å². The third-order valence-corrected chi connectivity index (χ3v) is 3.38. The number of methoxy groups -OCH3 is 2. The number of rotatable bonds is 3. The zero-order valence-corrected chi connectivity index (χ0v) is 10.6. The zero-order chi connectivity index (χ0) is 12.4. The van der Waals surface area contributed by atoms with Gasteiger partial charge in [0, 0.05) is 30.6 Å². The first kappa shape index (κ1) is 12.2. The summed E-state index contributed by atoms with van der Waals surface area (Å²) >= 11 is 0. The quantitative estimate of drug-likeness (QED) is 0.852.